The standard InChI is InChI=1S/C29H35ClN6O3S/c1-28(2,3)22-14-12-19-26(33-22)36-17-18(16-29(36,4)5)11-13-21(25-20(30)8-7-15-31-25)32-23-9-6-10-24(34-23)40(38,39)35-27(19)37/h6-10,12,14-15,18,21H,11,13,16-17H2,1-5H3,(H,32,34)(H,35,37)/t18-,21-/m0/s1. The molecule has 0 saturated carbocycles. The summed E-state index contributed by atoms with van der Waals surface area (Å²) in [5, 5.41) is 3.61. The number of nitrogens with one attached hydrogen (secondary N) is 2. The summed E-state index contributed by atoms with van der Waals surface area (Å²) in [6.07, 6.45) is 4.12. The van der Waals surface area contributed by atoms with Gasteiger partial charge in [0.15, 0.2) is 5.03 Å². The summed E-state index contributed by atoms with van der Waals surface area (Å²) in [6, 6.07) is 11.4. The van der Waals surface area contributed by atoms with Gasteiger partial charge in [-0.1, -0.05) is 38.4 Å². The van der Waals surface area contributed by atoms with Crippen LogP contribution in [0.25, 0.3) is 0 Å². The fourth-order valence-corrected chi connectivity index (χ4v) is 6.78. The van der Waals surface area contributed by atoms with Gasteiger partial charge in [0.2, 0.25) is 0 Å². The summed E-state index contributed by atoms with van der Waals surface area (Å²) in [5.74, 6) is 0.398. The third-order valence-corrected chi connectivity index (χ3v) is 9.18. The molecule has 1 fully saturated rings. The molecule has 1 saturated heterocycles. The summed E-state index contributed by atoms with van der Waals surface area (Å²) in [7, 11) is -4.28. The molecule has 2 N–H and O–H groups in total. The van der Waals surface area contributed by atoms with Gasteiger partial charge in [-0.05, 0) is 75.4 Å². The fourth-order valence-electron chi connectivity index (χ4n) is 5.59. The molecule has 5 heterocycles. The van der Waals surface area contributed by atoms with Crippen LogP contribution >= 0.6 is 11.6 Å². The van der Waals surface area contributed by atoms with Crippen LogP contribution in [-0.4, -0.2) is 41.4 Å². The zero-order valence-corrected chi connectivity index (χ0v) is 25.0. The van der Waals surface area contributed by atoms with Gasteiger partial charge in [0.05, 0.1) is 22.3 Å². The van der Waals surface area contributed by atoms with Crippen LogP contribution in [0.4, 0.5) is 11.6 Å². The Kier molecular flexibility index (Phi) is 7.29. The Morgan fingerprint density at radius 2 is 1.82 bits per heavy atom. The first-order valence-electron chi connectivity index (χ1n) is 13.4. The molecule has 3 aromatic heterocycles. The highest BCUT2D eigenvalue weighted by Gasteiger charge is 2.41. The summed E-state index contributed by atoms with van der Waals surface area (Å²) >= 11 is 6.55. The van der Waals surface area contributed by atoms with Crippen molar-refractivity contribution in [3.05, 3.63) is 70.6 Å². The molecule has 0 radical (unpaired) electrons. The van der Waals surface area contributed by atoms with Crippen LogP contribution in [0.15, 0.2) is 53.7 Å². The van der Waals surface area contributed by atoms with Crippen LogP contribution in [-0.2, 0) is 15.4 Å². The van der Waals surface area contributed by atoms with Crippen molar-refractivity contribution in [1.29, 1.82) is 0 Å². The second kappa shape index (κ2) is 10.3. The zero-order chi connectivity index (χ0) is 28.9. The first-order valence-corrected chi connectivity index (χ1v) is 15.3. The second-order valence-corrected chi connectivity index (χ2v) is 14.3. The third-order valence-electron chi connectivity index (χ3n) is 7.63. The number of rotatable bonds is 1. The van der Waals surface area contributed by atoms with E-state index < -0.39 is 15.9 Å². The van der Waals surface area contributed by atoms with Gasteiger partial charge in [-0.2, -0.15) is 8.42 Å². The Bertz CT molecular complexity index is 1550. The van der Waals surface area contributed by atoms with Crippen LogP contribution in [0.5, 0.6) is 0 Å². The lowest BCUT2D eigenvalue weighted by atomic mass is 9.90. The maximum atomic E-state index is 13.6. The molecule has 0 spiro atoms. The lowest BCUT2D eigenvalue weighted by Gasteiger charge is -2.34. The Labute approximate surface area is 240 Å². The molecule has 2 aliphatic heterocycles. The SMILES string of the molecule is CC(C)(C)c1ccc2c(n1)N1C[C@@H](CC[C@@H](c3ncccc3Cl)Nc3cccc(n3)S(=O)(=O)NC2=O)CC1(C)C. The Hall–Kier alpha value is -3.24. The molecular weight excluding hydrogens is 548 g/mol. The molecule has 4 bridgehead atoms. The number of nitrogens with zero attached hydrogens (tertiary/aromatic N) is 4. The van der Waals surface area contributed by atoms with Crippen molar-refractivity contribution < 1.29 is 13.2 Å². The molecule has 3 aromatic rings. The molecule has 1 amide bonds. The number of anilines is 2. The van der Waals surface area contributed by atoms with Gasteiger partial charge in [-0.15, -0.1) is 0 Å². The summed E-state index contributed by atoms with van der Waals surface area (Å²) < 4.78 is 28.9. The summed E-state index contributed by atoms with van der Waals surface area (Å²) in [4.78, 5) is 29.5. The average Bonchev–Trinajstić information content (AvgIpc) is 3.19. The molecule has 11 heteroatoms. The van der Waals surface area contributed by atoms with E-state index in [1.807, 2.05) is 0 Å². The van der Waals surface area contributed by atoms with Gasteiger partial charge in [0.1, 0.15) is 11.6 Å². The molecule has 9 nitrogen and oxygen atoms in total. The van der Waals surface area contributed by atoms with Crippen LogP contribution in [0.2, 0.25) is 5.02 Å². The maximum absolute atomic E-state index is 13.6. The highest BCUT2D eigenvalue weighted by Crippen LogP contribution is 2.41. The van der Waals surface area contributed by atoms with E-state index >= 15 is 0 Å². The van der Waals surface area contributed by atoms with Crippen LogP contribution in [0, 0.1) is 5.92 Å². The lowest BCUT2D eigenvalue weighted by molar-refractivity contribution is 0.0981. The summed E-state index contributed by atoms with van der Waals surface area (Å²) in [5.41, 5.74) is 1.14. The molecule has 212 valence electrons. The highest BCUT2D eigenvalue weighted by molar-refractivity contribution is 7.90. The van der Waals surface area contributed by atoms with Crippen molar-refractivity contribution in [3.63, 3.8) is 0 Å². The first kappa shape index (κ1) is 28.3. The number of sulfonamides is 1. The average molecular weight is 583 g/mol. The number of halogens is 1. The van der Waals surface area contributed by atoms with Crippen molar-refractivity contribution >= 4 is 39.2 Å². The van der Waals surface area contributed by atoms with Crippen molar-refractivity contribution in [2.75, 3.05) is 16.8 Å². The summed E-state index contributed by atoms with van der Waals surface area (Å²) in [6.45, 7) is 11.1. The fraction of sp³-hybridized carbons (Fsp3) is 0.448. The molecule has 5 rings (SSSR count). The number of carbonyl (C=O) groups is 1. The Morgan fingerprint density at radius 1 is 1.05 bits per heavy atom. The zero-order valence-electron chi connectivity index (χ0n) is 23.4. The molecular formula is C29H35ClN6O3S. The van der Waals surface area contributed by atoms with Gasteiger partial charge < -0.3 is 10.2 Å². The van der Waals surface area contributed by atoms with Crippen molar-refractivity contribution in [2.24, 2.45) is 5.92 Å². The quantitative estimate of drug-likeness (QED) is 0.387. The minimum absolute atomic E-state index is 0.215. The van der Waals surface area contributed by atoms with Gasteiger partial charge in [-0.25, -0.2) is 14.7 Å². The van der Waals surface area contributed by atoms with Crippen molar-refractivity contribution in [1.82, 2.24) is 19.7 Å². The normalized spacial score (nSPS) is 22.4. The highest BCUT2D eigenvalue weighted by atomic mass is 35.5. The number of aromatic nitrogens is 3. The minimum Gasteiger partial charge on any atom is -0.362 e. The van der Waals surface area contributed by atoms with E-state index in [0.717, 1.165) is 18.5 Å². The van der Waals surface area contributed by atoms with E-state index in [2.05, 4.69) is 59.5 Å². The molecule has 2 aliphatic rings. The van der Waals surface area contributed by atoms with Crippen molar-refractivity contribution in [2.45, 2.75) is 75.9 Å². The van der Waals surface area contributed by atoms with Crippen LogP contribution in [0.3, 0.4) is 0 Å². The number of pyridine rings is 3. The smallest absolute Gasteiger partial charge is 0.281 e. The van der Waals surface area contributed by atoms with Gasteiger partial charge in [0.25, 0.3) is 15.9 Å². The first-order chi connectivity index (χ1) is 18.7. The molecule has 2 atom stereocenters. The van der Waals surface area contributed by atoms with E-state index in [4.69, 9.17) is 16.6 Å². The molecule has 0 aromatic carbocycles. The van der Waals surface area contributed by atoms with Crippen molar-refractivity contribution in [3.8, 4) is 0 Å². The number of fused-ring (bicyclic) bond motifs is 6. The number of hydrogen-bond donors (Lipinski definition) is 2. The Morgan fingerprint density at radius 3 is 2.55 bits per heavy atom. The molecule has 40 heavy (non-hydrogen) atoms. The monoisotopic (exact) mass is 582 g/mol. The van der Waals surface area contributed by atoms with E-state index in [0.29, 0.717) is 41.2 Å². The minimum atomic E-state index is -4.28. The number of amides is 1. The van der Waals surface area contributed by atoms with E-state index in [9.17, 15) is 13.2 Å². The van der Waals surface area contributed by atoms with Crippen LogP contribution in [0.1, 0.15) is 81.7 Å². The van der Waals surface area contributed by atoms with Gasteiger partial charge in [-0.3, -0.25) is 9.78 Å². The lowest BCUT2D eigenvalue weighted by Crippen LogP contribution is -2.41. The van der Waals surface area contributed by atoms with E-state index in [-0.39, 0.29) is 27.6 Å². The largest absolute Gasteiger partial charge is 0.362 e. The maximum Gasteiger partial charge on any atom is 0.281 e. The topological polar surface area (TPSA) is 117 Å². The molecule has 0 aliphatic carbocycles. The third kappa shape index (κ3) is 5.65. The predicted molar refractivity (Wildman–Crippen MR) is 156 cm³/mol. The second-order valence-electron chi connectivity index (χ2n) is 12.3. The predicted octanol–water partition coefficient (Wildman–Crippen LogP) is 5.49. The van der Waals surface area contributed by atoms with Gasteiger partial charge >= 0.3 is 0 Å². The van der Waals surface area contributed by atoms with E-state index in [1.54, 1.807) is 42.6 Å². The van der Waals surface area contributed by atoms with E-state index in [1.165, 1.54) is 6.07 Å². The number of hydrogen-bond acceptors (Lipinski definition) is 8. The van der Waals surface area contributed by atoms with Gasteiger partial charge in [0, 0.05) is 29.4 Å². The Balaban J connectivity index is 1.64. The van der Waals surface area contributed by atoms with Crippen LogP contribution < -0.4 is 14.9 Å². The number of carbonyl (C=O) groups excluding carboxylic acids is 1. The molecule has 0 unspecified atom stereocenters.